The largest absolute Gasteiger partial charge is 0.437 e. The molecule has 0 unspecified atom stereocenters. The minimum Gasteiger partial charge on any atom is -0.437 e. The normalized spacial score (nSPS) is 10.4. The van der Waals surface area contributed by atoms with Crippen LogP contribution in [0.5, 0.6) is 11.6 Å². The third-order valence-corrected chi connectivity index (χ3v) is 3.15. The van der Waals surface area contributed by atoms with Gasteiger partial charge in [0.15, 0.2) is 0 Å². The Balaban J connectivity index is 2.21. The zero-order chi connectivity index (χ0) is 14.5. The van der Waals surface area contributed by atoms with Crippen LogP contribution in [0.3, 0.4) is 0 Å². The van der Waals surface area contributed by atoms with Crippen molar-refractivity contribution >= 4 is 5.82 Å². The SMILES string of the molecule is CCCNc1cncc(Oc2cc(C)cc(C)c2C)n1. The molecule has 1 aromatic carbocycles. The van der Waals surface area contributed by atoms with E-state index in [1.54, 1.807) is 12.4 Å². The van der Waals surface area contributed by atoms with Crippen LogP contribution >= 0.6 is 0 Å². The van der Waals surface area contributed by atoms with Crippen LogP contribution in [0.1, 0.15) is 30.0 Å². The lowest BCUT2D eigenvalue weighted by atomic mass is 10.1. The predicted octanol–water partition coefficient (Wildman–Crippen LogP) is 4.02. The summed E-state index contributed by atoms with van der Waals surface area (Å²) in [5.41, 5.74) is 3.52. The van der Waals surface area contributed by atoms with E-state index in [1.807, 2.05) is 6.07 Å². The lowest BCUT2D eigenvalue weighted by Gasteiger charge is -2.12. The molecule has 0 saturated heterocycles. The van der Waals surface area contributed by atoms with E-state index in [-0.39, 0.29) is 0 Å². The fourth-order valence-electron chi connectivity index (χ4n) is 1.95. The summed E-state index contributed by atoms with van der Waals surface area (Å²) >= 11 is 0. The van der Waals surface area contributed by atoms with Crippen molar-refractivity contribution in [3.8, 4) is 11.6 Å². The molecule has 0 atom stereocenters. The summed E-state index contributed by atoms with van der Waals surface area (Å²) in [4.78, 5) is 8.57. The maximum absolute atomic E-state index is 5.88. The first-order valence-corrected chi connectivity index (χ1v) is 6.91. The number of anilines is 1. The molecular weight excluding hydrogens is 250 g/mol. The molecule has 4 nitrogen and oxygen atoms in total. The van der Waals surface area contributed by atoms with E-state index in [0.717, 1.165) is 30.1 Å². The first-order valence-electron chi connectivity index (χ1n) is 6.91. The van der Waals surface area contributed by atoms with Gasteiger partial charge in [-0.1, -0.05) is 13.0 Å². The molecule has 20 heavy (non-hydrogen) atoms. The lowest BCUT2D eigenvalue weighted by Crippen LogP contribution is -2.03. The van der Waals surface area contributed by atoms with Gasteiger partial charge in [0, 0.05) is 6.54 Å². The summed E-state index contributed by atoms with van der Waals surface area (Å²) in [5, 5.41) is 3.20. The summed E-state index contributed by atoms with van der Waals surface area (Å²) in [6.07, 6.45) is 4.38. The van der Waals surface area contributed by atoms with Crippen LogP contribution < -0.4 is 10.1 Å². The number of nitrogens with one attached hydrogen (secondary N) is 1. The first kappa shape index (κ1) is 14.3. The molecule has 2 aromatic rings. The zero-order valence-electron chi connectivity index (χ0n) is 12.5. The van der Waals surface area contributed by atoms with E-state index in [2.05, 4.69) is 49.0 Å². The molecule has 4 heteroatoms. The van der Waals surface area contributed by atoms with E-state index in [4.69, 9.17) is 4.74 Å². The molecule has 0 saturated carbocycles. The maximum atomic E-state index is 5.88. The van der Waals surface area contributed by atoms with Crippen molar-refractivity contribution in [2.24, 2.45) is 0 Å². The van der Waals surface area contributed by atoms with Gasteiger partial charge in [0.2, 0.25) is 5.88 Å². The summed E-state index contributed by atoms with van der Waals surface area (Å²) in [6.45, 7) is 9.18. The molecule has 0 amide bonds. The third kappa shape index (κ3) is 3.47. The molecule has 1 N–H and O–H groups in total. The second kappa shape index (κ2) is 6.37. The Kier molecular flexibility index (Phi) is 4.56. The third-order valence-electron chi connectivity index (χ3n) is 3.15. The van der Waals surface area contributed by atoms with E-state index in [0.29, 0.717) is 5.88 Å². The van der Waals surface area contributed by atoms with Crippen molar-refractivity contribution in [2.45, 2.75) is 34.1 Å². The average Bonchev–Trinajstić information content (AvgIpc) is 2.42. The van der Waals surface area contributed by atoms with E-state index in [1.165, 1.54) is 11.1 Å². The Hall–Kier alpha value is -2.10. The summed E-state index contributed by atoms with van der Waals surface area (Å²) < 4.78 is 5.88. The van der Waals surface area contributed by atoms with Crippen molar-refractivity contribution in [1.29, 1.82) is 0 Å². The molecule has 1 heterocycles. The van der Waals surface area contributed by atoms with Gasteiger partial charge in [0.1, 0.15) is 11.6 Å². The van der Waals surface area contributed by atoms with Crippen molar-refractivity contribution in [3.63, 3.8) is 0 Å². The van der Waals surface area contributed by atoms with Crippen LogP contribution in [-0.4, -0.2) is 16.5 Å². The molecule has 0 fully saturated rings. The van der Waals surface area contributed by atoms with Crippen LogP contribution in [0.4, 0.5) is 5.82 Å². The minimum atomic E-state index is 0.513. The fraction of sp³-hybridized carbons (Fsp3) is 0.375. The van der Waals surface area contributed by atoms with Gasteiger partial charge in [0.05, 0.1) is 12.4 Å². The highest BCUT2D eigenvalue weighted by molar-refractivity contribution is 5.44. The van der Waals surface area contributed by atoms with Crippen LogP contribution in [0.15, 0.2) is 24.5 Å². The number of hydrogen-bond acceptors (Lipinski definition) is 4. The second-order valence-corrected chi connectivity index (χ2v) is 4.98. The first-order chi connectivity index (χ1) is 9.60. The van der Waals surface area contributed by atoms with Crippen LogP contribution in [0.25, 0.3) is 0 Å². The van der Waals surface area contributed by atoms with Gasteiger partial charge in [-0.3, -0.25) is 4.98 Å². The monoisotopic (exact) mass is 271 g/mol. The Labute approximate surface area is 120 Å². The molecule has 0 bridgehead atoms. The summed E-state index contributed by atoms with van der Waals surface area (Å²) in [5.74, 6) is 2.09. The van der Waals surface area contributed by atoms with Gasteiger partial charge in [0.25, 0.3) is 0 Å². The van der Waals surface area contributed by atoms with Crippen LogP contribution in [0.2, 0.25) is 0 Å². The molecule has 106 valence electrons. The van der Waals surface area contributed by atoms with E-state index < -0.39 is 0 Å². The number of hydrogen-bond donors (Lipinski definition) is 1. The maximum Gasteiger partial charge on any atom is 0.239 e. The van der Waals surface area contributed by atoms with Gasteiger partial charge >= 0.3 is 0 Å². The molecule has 0 aliphatic rings. The molecule has 1 aromatic heterocycles. The number of aryl methyl sites for hydroxylation is 2. The smallest absolute Gasteiger partial charge is 0.239 e. The molecule has 0 aliphatic carbocycles. The number of aromatic nitrogens is 2. The molecule has 0 spiro atoms. The van der Waals surface area contributed by atoms with Crippen molar-refractivity contribution in [2.75, 3.05) is 11.9 Å². The number of rotatable bonds is 5. The Bertz CT molecular complexity index is 596. The summed E-state index contributed by atoms with van der Waals surface area (Å²) in [7, 11) is 0. The highest BCUT2D eigenvalue weighted by atomic mass is 16.5. The van der Waals surface area contributed by atoms with Crippen LogP contribution in [-0.2, 0) is 0 Å². The molecule has 0 aliphatic heterocycles. The zero-order valence-corrected chi connectivity index (χ0v) is 12.5. The average molecular weight is 271 g/mol. The minimum absolute atomic E-state index is 0.513. The van der Waals surface area contributed by atoms with Gasteiger partial charge < -0.3 is 10.1 Å². The standard InChI is InChI=1S/C16H21N3O/c1-5-6-18-15-9-17-10-16(19-15)20-14-8-11(2)7-12(3)13(14)4/h7-10H,5-6H2,1-4H3,(H,18,19). The number of benzene rings is 1. The molecule has 2 rings (SSSR count). The van der Waals surface area contributed by atoms with E-state index in [9.17, 15) is 0 Å². The van der Waals surface area contributed by atoms with Crippen molar-refractivity contribution < 1.29 is 4.74 Å². The van der Waals surface area contributed by atoms with Gasteiger partial charge in [-0.2, -0.15) is 4.98 Å². The lowest BCUT2D eigenvalue weighted by molar-refractivity contribution is 0.456. The van der Waals surface area contributed by atoms with Gasteiger partial charge in [-0.25, -0.2) is 0 Å². The summed E-state index contributed by atoms with van der Waals surface area (Å²) in [6, 6.07) is 4.17. The highest BCUT2D eigenvalue weighted by Crippen LogP contribution is 2.27. The molecular formula is C16H21N3O. The highest BCUT2D eigenvalue weighted by Gasteiger charge is 2.07. The number of nitrogens with zero attached hydrogens (tertiary/aromatic N) is 2. The van der Waals surface area contributed by atoms with Gasteiger partial charge in [-0.15, -0.1) is 0 Å². The Morgan fingerprint density at radius 2 is 1.95 bits per heavy atom. The van der Waals surface area contributed by atoms with Gasteiger partial charge in [-0.05, 0) is 49.9 Å². The van der Waals surface area contributed by atoms with Crippen molar-refractivity contribution in [3.05, 3.63) is 41.2 Å². The Morgan fingerprint density at radius 3 is 2.70 bits per heavy atom. The van der Waals surface area contributed by atoms with Crippen molar-refractivity contribution in [1.82, 2.24) is 9.97 Å². The second-order valence-electron chi connectivity index (χ2n) is 4.98. The fourth-order valence-corrected chi connectivity index (χ4v) is 1.95. The Morgan fingerprint density at radius 1 is 1.15 bits per heavy atom. The topological polar surface area (TPSA) is 47.0 Å². The van der Waals surface area contributed by atoms with E-state index >= 15 is 0 Å². The quantitative estimate of drug-likeness (QED) is 0.892. The predicted molar refractivity (Wildman–Crippen MR) is 81.5 cm³/mol. The van der Waals surface area contributed by atoms with Crippen LogP contribution in [0, 0.1) is 20.8 Å². The number of ether oxygens (including phenoxy) is 1. The molecule has 0 radical (unpaired) electrons.